The van der Waals surface area contributed by atoms with Crippen molar-refractivity contribution >= 4 is 15.9 Å². The maximum atomic E-state index is 12.5. The fourth-order valence-electron chi connectivity index (χ4n) is 3.71. The van der Waals surface area contributed by atoms with Crippen LogP contribution in [-0.2, 0) is 19.6 Å². The first kappa shape index (κ1) is 22.2. The smallest absolute Gasteiger partial charge is 0.240 e. The summed E-state index contributed by atoms with van der Waals surface area (Å²) >= 11 is 0. The molecule has 0 aromatic heterocycles. The molecule has 0 aliphatic carbocycles. The first-order chi connectivity index (χ1) is 13.7. The number of aryl methyl sites for hydroxylation is 1. The van der Waals surface area contributed by atoms with Gasteiger partial charge in [0.15, 0.2) is 0 Å². The van der Waals surface area contributed by atoms with Crippen molar-refractivity contribution in [1.82, 2.24) is 9.62 Å². The molecule has 8 nitrogen and oxygen atoms in total. The van der Waals surface area contributed by atoms with E-state index >= 15 is 0 Å². The molecule has 3 rings (SSSR count). The first-order valence-electron chi connectivity index (χ1n) is 10.0. The van der Waals surface area contributed by atoms with E-state index in [-0.39, 0.29) is 23.8 Å². The van der Waals surface area contributed by atoms with E-state index in [2.05, 4.69) is 11.6 Å². The van der Waals surface area contributed by atoms with Gasteiger partial charge in [0.1, 0.15) is 18.3 Å². The number of sulfonamides is 1. The number of hydrogen-bond donors (Lipinski definition) is 3. The zero-order valence-corrected chi connectivity index (χ0v) is 17.6. The molecule has 2 aliphatic heterocycles. The molecule has 1 amide bonds. The van der Waals surface area contributed by atoms with Gasteiger partial charge in [-0.1, -0.05) is 24.6 Å². The third-order valence-electron chi connectivity index (χ3n) is 5.78. The predicted molar refractivity (Wildman–Crippen MR) is 107 cm³/mol. The Hall–Kier alpha value is -1.52. The van der Waals surface area contributed by atoms with Gasteiger partial charge in [-0.25, -0.2) is 13.1 Å². The topological polar surface area (TPSA) is 116 Å². The third kappa shape index (κ3) is 5.35. The Kier molecular flexibility index (Phi) is 6.95. The minimum atomic E-state index is -3.77. The second kappa shape index (κ2) is 9.09. The molecule has 4 unspecified atom stereocenters. The normalized spacial score (nSPS) is 28.6. The van der Waals surface area contributed by atoms with Gasteiger partial charge in [0, 0.05) is 19.6 Å². The standard InChI is InChI=1S/C20H30N2O6S/c1-13-3-5-15(6-4-13)29(26,27)21-12-17-20(25)19(24)16(28-17)11-18(23)22-9-7-14(2)8-10-22/h3-6,14,16-17,19-21,24-25H,7-12H2,1-2H3. The predicted octanol–water partition coefficient (Wildman–Crippen LogP) is 0.411. The molecule has 3 N–H and O–H groups in total. The number of hydrogen-bond acceptors (Lipinski definition) is 6. The molecule has 9 heteroatoms. The molecule has 29 heavy (non-hydrogen) atoms. The molecule has 2 saturated heterocycles. The molecule has 0 saturated carbocycles. The van der Waals surface area contributed by atoms with Gasteiger partial charge in [-0.3, -0.25) is 4.79 Å². The van der Waals surface area contributed by atoms with E-state index in [1.807, 2.05) is 6.92 Å². The molecule has 2 heterocycles. The Morgan fingerprint density at radius 2 is 1.72 bits per heavy atom. The van der Waals surface area contributed by atoms with E-state index in [1.54, 1.807) is 17.0 Å². The van der Waals surface area contributed by atoms with Crippen LogP contribution in [0.1, 0.15) is 31.7 Å². The Morgan fingerprint density at radius 3 is 2.34 bits per heavy atom. The summed E-state index contributed by atoms with van der Waals surface area (Å²) in [6.07, 6.45) is -2.42. The highest BCUT2D eigenvalue weighted by molar-refractivity contribution is 7.89. The van der Waals surface area contributed by atoms with Gasteiger partial charge >= 0.3 is 0 Å². The summed E-state index contributed by atoms with van der Waals surface area (Å²) in [5.74, 6) is 0.481. The van der Waals surface area contributed by atoms with Crippen LogP contribution in [0.4, 0.5) is 0 Å². The van der Waals surface area contributed by atoms with E-state index in [0.29, 0.717) is 19.0 Å². The van der Waals surface area contributed by atoms with Crippen molar-refractivity contribution in [3.05, 3.63) is 29.8 Å². The van der Waals surface area contributed by atoms with Crippen molar-refractivity contribution in [2.75, 3.05) is 19.6 Å². The minimum Gasteiger partial charge on any atom is -0.388 e. The van der Waals surface area contributed by atoms with Crippen molar-refractivity contribution in [2.24, 2.45) is 5.92 Å². The van der Waals surface area contributed by atoms with Crippen LogP contribution in [0.15, 0.2) is 29.2 Å². The SMILES string of the molecule is Cc1ccc(S(=O)(=O)NCC2OC(CC(=O)N3CCC(C)CC3)C(O)C2O)cc1. The van der Waals surface area contributed by atoms with Gasteiger partial charge in [0.05, 0.1) is 17.4 Å². The maximum Gasteiger partial charge on any atom is 0.240 e. The monoisotopic (exact) mass is 426 g/mol. The van der Waals surface area contributed by atoms with E-state index < -0.39 is 34.4 Å². The number of amides is 1. The van der Waals surface area contributed by atoms with Gasteiger partial charge in [-0.05, 0) is 37.8 Å². The van der Waals surface area contributed by atoms with E-state index in [1.165, 1.54) is 12.1 Å². The van der Waals surface area contributed by atoms with Crippen LogP contribution in [-0.4, -0.2) is 73.5 Å². The van der Waals surface area contributed by atoms with Gasteiger partial charge in [-0.15, -0.1) is 0 Å². The molecule has 1 aromatic carbocycles. The van der Waals surface area contributed by atoms with Crippen molar-refractivity contribution in [2.45, 2.75) is 62.4 Å². The number of piperidine rings is 1. The largest absolute Gasteiger partial charge is 0.388 e. The van der Waals surface area contributed by atoms with Crippen LogP contribution in [0.2, 0.25) is 0 Å². The third-order valence-corrected chi connectivity index (χ3v) is 7.22. The number of nitrogens with one attached hydrogen (secondary N) is 1. The highest BCUT2D eigenvalue weighted by atomic mass is 32.2. The van der Waals surface area contributed by atoms with Crippen LogP contribution in [0.3, 0.4) is 0 Å². The number of likely N-dealkylation sites (tertiary alicyclic amines) is 1. The molecule has 0 bridgehead atoms. The highest BCUT2D eigenvalue weighted by Gasteiger charge is 2.44. The van der Waals surface area contributed by atoms with Crippen molar-refractivity contribution < 1.29 is 28.2 Å². The fourth-order valence-corrected chi connectivity index (χ4v) is 4.76. The zero-order chi connectivity index (χ0) is 21.2. The Labute approximate surface area is 171 Å². The lowest BCUT2D eigenvalue weighted by Crippen LogP contribution is -2.41. The van der Waals surface area contributed by atoms with Gasteiger partial charge < -0.3 is 19.8 Å². The van der Waals surface area contributed by atoms with Crippen molar-refractivity contribution in [3.63, 3.8) is 0 Å². The lowest BCUT2D eigenvalue weighted by Gasteiger charge is -2.31. The summed E-state index contributed by atoms with van der Waals surface area (Å²) in [4.78, 5) is 14.4. The molecule has 2 aliphatic rings. The van der Waals surface area contributed by atoms with Crippen LogP contribution in [0.25, 0.3) is 0 Å². The number of benzene rings is 1. The number of carbonyl (C=O) groups is 1. The summed E-state index contributed by atoms with van der Waals surface area (Å²) < 4.78 is 32.9. The number of carbonyl (C=O) groups excluding carboxylic acids is 1. The quantitative estimate of drug-likeness (QED) is 0.607. The molecule has 0 spiro atoms. The van der Waals surface area contributed by atoms with E-state index in [0.717, 1.165) is 18.4 Å². The molecule has 162 valence electrons. The highest BCUT2D eigenvalue weighted by Crippen LogP contribution is 2.25. The van der Waals surface area contributed by atoms with E-state index in [4.69, 9.17) is 4.74 Å². The average Bonchev–Trinajstić information content (AvgIpc) is 2.95. The van der Waals surface area contributed by atoms with Gasteiger partial charge in [0.25, 0.3) is 0 Å². The number of aliphatic hydroxyl groups excluding tert-OH is 2. The zero-order valence-electron chi connectivity index (χ0n) is 16.8. The second-order valence-corrected chi connectivity index (χ2v) is 9.89. The van der Waals surface area contributed by atoms with Gasteiger partial charge in [0.2, 0.25) is 15.9 Å². The lowest BCUT2D eigenvalue weighted by molar-refractivity contribution is -0.136. The minimum absolute atomic E-state index is 0.0339. The van der Waals surface area contributed by atoms with Crippen LogP contribution >= 0.6 is 0 Å². The number of ether oxygens (including phenoxy) is 1. The average molecular weight is 427 g/mol. The lowest BCUT2D eigenvalue weighted by atomic mass is 9.98. The maximum absolute atomic E-state index is 12.5. The van der Waals surface area contributed by atoms with Crippen LogP contribution < -0.4 is 4.72 Å². The molecular formula is C20H30N2O6S. The number of aliphatic hydroxyl groups is 2. The summed E-state index contributed by atoms with van der Waals surface area (Å²) in [6.45, 7) is 5.20. The first-order valence-corrected chi connectivity index (χ1v) is 11.5. The molecule has 4 atom stereocenters. The summed E-state index contributed by atoms with van der Waals surface area (Å²) in [5, 5.41) is 20.5. The Balaban J connectivity index is 1.55. The van der Waals surface area contributed by atoms with Gasteiger partial charge in [-0.2, -0.15) is 0 Å². The molecular weight excluding hydrogens is 396 g/mol. The summed E-state index contributed by atoms with van der Waals surface area (Å²) in [6, 6.07) is 6.39. The molecule has 0 radical (unpaired) electrons. The summed E-state index contributed by atoms with van der Waals surface area (Å²) in [5.41, 5.74) is 0.942. The van der Waals surface area contributed by atoms with Crippen molar-refractivity contribution in [3.8, 4) is 0 Å². The Bertz CT molecular complexity index is 805. The Morgan fingerprint density at radius 1 is 1.14 bits per heavy atom. The number of rotatable bonds is 6. The second-order valence-electron chi connectivity index (χ2n) is 8.13. The van der Waals surface area contributed by atoms with Crippen LogP contribution in [0.5, 0.6) is 0 Å². The van der Waals surface area contributed by atoms with E-state index in [9.17, 15) is 23.4 Å². The fraction of sp³-hybridized carbons (Fsp3) is 0.650. The molecule has 2 fully saturated rings. The summed E-state index contributed by atoms with van der Waals surface area (Å²) in [7, 11) is -3.77. The molecule has 1 aromatic rings. The van der Waals surface area contributed by atoms with Crippen molar-refractivity contribution in [1.29, 1.82) is 0 Å². The van der Waals surface area contributed by atoms with Crippen LogP contribution in [0, 0.1) is 12.8 Å². The number of nitrogens with zero attached hydrogens (tertiary/aromatic N) is 1.